The van der Waals surface area contributed by atoms with Gasteiger partial charge in [-0.15, -0.1) is 0 Å². The van der Waals surface area contributed by atoms with Crippen LogP contribution < -0.4 is 10.2 Å². The number of benzene rings is 2. The van der Waals surface area contributed by atoms with Gasteiger partial charge in [-0.05, 0) is 49.2 Å². The molecule has 2 aromatic carbocycles. The summed E-state index contributed by atoms with van der Waals surface area (Å²) in [5.41, 5.74) is -1.12. The number of nitrogens with one attached hydrogen (secondary N) is 1. The number of piperazine rings is 1. The minimum absolute atomic E-state index is 0.00331. The molecule has 0 atom stereocenters. The van der Waals surface area contributed by atoms with Gasteiger partial charge in [0, 0.05) is 74.3 Å². The summed E-state index contributed by atoms with van der Waals surface area (Å²) in [6, 6.07) is 10.2. The third kappa shape index (κ3) is 7.07. The molecule has 1 N–H and O–H groups in total. The lowest BCUT2D eigenvalue weighted by atomic mass is 10.1. The van der Waals surface area contributed by atoms with Gasteiger partial charge in [-0.25, -0.2) is 12.7 Å². The Kier molecular flexibility index (Phi) is 8.70. The minimum Gasteiger partial charge on any atom is -0.382 e. The van der Waals surface area contributed by atoms with Gasteiger partial charge in [-0.2, -0.15) is 13.2 Å². The topological polar surface area (TPSA) is 99.0 Å². The summed E-state index contributed by atoms with van der Waals surface area (Å²) in [5, 5.41) is 14.6. The fourth-order valence-corrected chi connectivity index (χ4v) is 6.42. The zero-order chi connectivity index (χ0) is 27.5. The van der Waals surface area contributed by atoms with E-state index in [0.29, 0.717) is 24.4 Å². The molecule has 4 rings (SSSR count). The second-order valence-corrected chi connectivity index (χ2v) is 12.0. The van der Waals surface area contributed by atoms with Gasteiger partial charge in [0.15, 0.2) is 0 Å². The number of nitrogens with zero attached hydrogens (tertiary/aromatic N) is 4. The summed E-state index contributed by atoms with van der Waals surface area (Å²) in [4.78, 5) is 14.3. The summed E-state index contributed by atoms with van der Waals surface area (Å²) in [6.45, 7) is 4.01. The highest BCUT2D eigenvalue weighted by atomic mass is 35.5. The first kappa shape index (κ1) is 28.4. The van der Waals surface area contributed by atoms with Crippen molar-refractivity contribution in [1.82, 2.24) is 9.21 Å². The van der Waals surface area contributed by atoms with E-state index >= 15 is 0 Å². The van der Waals surface area contributed by atoms with Gasteiger partial charge >= 0.3 is 6.18 Å². The van der Waals surface area contributed by atoms with Crippen LogP contribution >= 0.6 is 11.6 Å². The van der Waals surface area contributed by atoms with Crippen molar-refractivity contribution in [3.8, 4) is 0 Å². The SMILES string of the molecule is O=[N+]([O-])c1ccc(NC2CCN(S(=O)(=O)CCN3CCN(c4ccc(Cl)cc4)CC3)CC2)cc1C(F)(F)F. The molecule has 0 unspecified atom stereocenters. The Hall–Kier alpha value is -2.61. The molecule has 2 aromatic rings. The number of hydrogen-bond acceptors (Lipinski definition) is 7. The molecule has 208 valence electrons. The summed E-state index contributed by atoms with van der Waals surface area (Å²) in [7, 11) is -3.48. The molecule has 2 heterocycles. The summed E-state index contributed by atoms with van der Waals surface area (Å²) >= 11 is 5.95. The van der Waals surface area contributed by atoms with Crippen LogP contribution in [0.25, 0.3) is 0 Å². The number of piperidine rings is 1. The van der Waals surface area contributed by atoms with Crippen molar-refractivity contribution < 1.29 is 26.5 Å². The van der Waals surface area contributed by atoms with Crippen molar-refractivity contribution in [1.29, 1.82) is 0 Å². The number of nitro groups is 1. The molecule has 2 aliphatic heterocycles. The van der Waals surface area contributed by atoms with Crippen LogP contribution in [0.4, 0.5) is 30.2 Å². The van der Waals surface area contributed by atoms with Gasteiger partial charge < -0.3 is 10.2 Å². The van der Waals surface area contributed by atoms with Crippen molar-refractivity contribution in [3.05, 3.63) is 63.2 Å². The Morgan fingerprint density at radius 1 is 1.00 bits per heavy atom. The molecule has 0 amide bonds. The Morgan fingerprint density at radius 3 is 2.21 bits per heavy atom. The van der Waals surface area contributed by atoms with Gasteiger partial charge in [-0.1, -0.05) is 11.6 Å². The molecule has 0 spiro atoms. The van der Waals surface area contributed by atoms with Crippen LogP contribution in [0.1, 0.15) is 18.4 Å². The zero-order valence-electron chi connectivity index (χ0n) is 20.5. The molecule has 2 fully saturated rings. The fraction of sp³-hybridized carbons (Fsp3) is 0.500. The van der Waals surface area contributed by atoms with Gasteiger partial charge in [0.1, 0.15) is 5.56 Å². The van der Waals surface area contributed by atoms with Crippen LogP contribution in [0.3, 0.4) is 0 Å². The lowest BCUT2D eigenvalue weighted by Gasteiger charge is -2.37. The minimum atomic E-state index is -4.86. The second-order valence-electron chi connectivity index (χ2n) is 9.43. The summed E-state index contributed by atoms with van der Waals surface area (Å²) < 4.78 is 67.1. The number of halogens is 4. The molecular weight excluding hydrogens is 547 g/mol. The molecule has 0 saturated carbocycles. The normalized spacial score (nSPS) is 18.5. The van der Waals surface area contributed by atoms with Gasteiger partial charge in [-0.3, -0.25) is 15.0 Å². The monoisotopic (exact) mass is 575 g/mol. The number of rotatable bonds is 8. The summed E-state index contributed by atoms with van der Waals surface area (Å²) in [6.07, 6.45) is -4.03. The van der Waals surface area contributed by atoms with E-state index in [0.717, 1.165) is 44.0 Å². The molecule has 0 aliphatic carbocycles. The number of sulfonamides is 1. The quantitative estimate of drug-likeness (QED) is 0.370. The Labute approximate surface area is 224 Å². The standard InChI is InChI=1S/C24H29ClF3N5O4S/c25-18-1-4-21(5-2-18)31-13-11-30(12-14-31)15-16-38(36,37)32-9-7-19(8-10-32)29-20-3-6-23(33(34)35)22(17-20)24(26,27)28/h1-6,17,19,29H,7-16H2. The van der Waals surface area contributed by atoms with Crippen LogP contribution in [0.5, 0.6) is 0 Å². The smallest absolute Gasteiger partial charge is 0.382 e. The van der Waals surface area contributed by atoms with Crippen LogP contribution in [-0.4, -0.2) is 80.2 Å². The van der Waals surface area contributed by atoms with E-state index < -0.39 is 32.4 Å². The predicted octanol–water partition coefficient (Wildman–Crippen LogP) is 4.30. The average Bonchev–Trinajstić information content (AvgIpc) is 2.88. The molecule has 9 nitrogen and oxygen atoms in total. The van der Waals surface area contributed by atoms with Gasteiger partial charge in [0.25, 0.3) is 5.69 Å². The maximum Gasteiger partial charge on any atom is 0.423 e. The third-order valence-electron chi connectivity index (χ3n) is 6.95. The van der Waals surface area contributed by atoms with Crippen LogP contribution in [-0.2, 0) is 16.2 Å². The molecular formula is C24H29ClF3N5O4S. The maximum absolute atomic E-state index is 13.3. The van der Waals surface area contributed by atoms with Crippen molar-refractivity contribution in [2.45, 2.75) is 25.1 Å². The van der Waals surface area contributed by atoms with E-state index in [9.17, 15) is 31.7 Å². The van der Waals surface area contributed by atoms with Crippen LogP contribution in [0, 0.1) is 10.1 Å². The van der Waals surface area contributed by atoms with E-state index in [-0.39, 0.29) is 30.6 Å². The number of hydrogen-bond donors (Lipinski definition) is 1. The van der Waals surface area contributed by atoms with Crippen molar-refractivity contribution in [2.75, 3.05) is 61.8 Å². The van der Waals surface area contributed by atoms with E-state index in [4.69, 9.17) is 11.6 Å². The molecule has 0 bridgehead atoms. The highest BCUT2D eigenvalue weighted by Gasteiger charge is 2.38. The molecule has 0 radical (unpaired) electrons. The molecule has 2 aliphatic rings. The molecule has 2 saturated heterocycles. The number of nitro benzene ring substituents is 1. The van der Waals surface area contributed by atoms with Gasteiger partial charge in [0.2, 0.25) is 10.0 Å². The number of alkyl halides is 3. The first-order valence-corrected chi connectivity index (χ1v) is 14.2. The lowest BCUT2D eigenvalue weighted by molar-refractivity contribution is -0.388. The van der Waals surface area contributed by atoms with E-state index in [1.807, 2.05) is 24.3 Å². The molecule has 38 heavy (non-hydrogen) atoms. The summed E-state index contributed by atoms with van der Waals surface area (Å²) in [5.74, 6) is 0.00331. The Balaban J connectivity index is 1.24. The van der Waals surface area contributed by atoms with E-state index in [2.05, 4.69) is 15.1 Å². The highest BCUT2D eigenvalue weighted by Crippen LogP contribution is 2.38. The van der Waals surface area contributed by atoms with E-state index in [1.54, 1.807) is 0 Å². The third-order valence-corrected chi connectivity index (χ3v) is 9.05. The largest absolute Gasteiger partial charge is 0.423 e. The Bertz CT molecular complexity index is 1230. The fourth-order valence-electron chi connectivity index (χ4n) is 4.78. The average molecular weight is 576 g/mol. The zero-order valence-corrected chi connectivity index (χ0v) is 22.1. The molecule has 14 heteroatoms. The lowest BCUT2D eigenvalue weighted by Crippen LogP contribution is -2.49. The first-order chi connectivity index (χ1) is 17.9. The van der Waals surface area contributed by atoms with Crippen molar-refractivity contribution in [2.24, 2.45) is 0 Å². The van der Waals surface area contributed by atoms with Crippen molar-refractivity contribution in [3.63, 3.8) is 0 Å². The molecule has 0 aromatic heterocycles. The first-order valence-electron chi connectivity index (χ1n) is 12.3. The van der Waals surface area contributed by atoms with Crippen molar-refractivity contribution >= 4 is 38.7 Å². The van der Waals surface area contributed by atoms with E-state index in [1.165, 1.54) is 10.4 Å². The second kappa shape index (κ2) is 11.6. The predicted molar refractivity (Wildman–Crippen MR) is 140 cm³/mol. The maximum atomic E-state index is 13.3. The van der Waals surface area contributed by atoms with Gasteiger partial charge in [0.05, 0.1) is 10.7 Å². The van der Waals surface area contributed by atoms with Crippen LogP contribution in [0.15, 0.2) is 42.5 Å². The Morgan fingerprint density at radius 2 is 1.63 bits per heavy atom. The van der Waals surface area contributed by atoms with Crippen LogP contribution in [0.2, 0.25) is 5.02 Å². The number of anilines is 2. The highest BCUT2D eigenvalue weighted by molar-refractivity contribution is 7.89.